The van der Waals surface area contributed by atoms with Gasteiger partial charge in [0.15, 0.2) is 0 Å². The third-order valence-corrected chi connectivity index (χ3v) is 4.79. The molecule has 1 unspecified atom stereocenters. The van der Waals surface area contributed by atoms with Crippen molar-refractivity contribution in [1.29, 1.82) is 0 Å². The maximum Gasteiger partial charge on any atom is 0.283 e. The molecule has 19 heavy (non-hydrogen) atoms. The summed E-state index contributed by atoms with van der Waals surface area (Å²) in [6.07, 6.45) is 0. The van der Waals surface area contributed by atoms with E-state index in [1.807, 2.05) is 17.5 Å². The van der Waals surface area contributed by atoms with E-state index in [-0.39, 0.29) is 16.7 Å². The number of nitrogens with one attached hydrogen (secondary N) is 1. The van der Waals surface area contributed by atoms with E-state index in [0.29, 0.717) is 11.0 Å². The predicted octanol–water partition coefficient (Wildman–Crippen LogP) is 4.27. The molecule has 0 fully saturated rings. The van der Waals surface area contributed by atoms with E-state index in [4.69, 9.17) is 0 Å². The third kappa shape index (κ3) is 3.40. The van der Waals surface area contributed by atoms with Crippen molar-refractivity contribution in [3.63, 3.8) is 0 Å². The summed E-state index contributed by atoms with van der Waals surface area (Å²) in [5.74, 6) is 0. The maximum absolute atomic E-state index is 10.9. The number of nitro groups is 1. The summed E-state index contributed by atoms with van der Waals surface area (Å²) in [4.78, 5) is 11.7. The van der Waals surface area contributed by atoms with Crippen LogP contribution in [-0.2, 0) is 6.54 Å². The molecule has 1 heterocycles. The zero-order chi connectivity index (χ0) is 13.8. The van der Waals surface area contributed by atoms with Crippen molar-refractivity contribution in [2.45, 2.75) is 19.5 Å². The van der Waals surface area contributed by atoms with E-state index >= 15 is 0 Å². The Kier molecular flexibility index (Phi) is 4.68. The predicted molar refractivity (Wildman–Crippen MR) is 80.4 cm³/mol. The molecule has 0 saturated carbocycles. The van der Waals surface area contributed by atoms with Crippen LogP contribution in [0.1, 0.15) is 23.4 Å². The maximum atomic E-state index is 10.9. The third-order valence-electron chi connectivity index (χ3n) is 2.82. The van der Waals surface area contributed by atoms with Crippen LogP contribution in [0.4, 0.5) is 5.69 Å². The highest BCUT2D eigenvalue weighted by Gasteiger charge is 2.15. The van der Waals surface area contributed by atoms with E-state index in [1.165, 1.54) is 10.9 Å². The van der Waals surface area contributed by atoms with E-state index in [0.717, 1.165) is 5.56 Å². The Hall–Kier alpha value is -1.24. The van der Waals surface area contributed by atoms with Crippen LogP contribution in [0.2, 0.25) is 0 Å². The fourth-order valence-corrected chi connectivity index (χ4v) is 3.05. The molecule has 0 radical (unpaired) electrons. The van der Waals surface area contributed by atoms with Crippen molar-refractivity contribution in [1.82, 2.24) is 5.32 Å². The molecule has 0 amide bonds. The summed E-state index contributed by atoms with van der Waals surface area (Å²) >= 11 is 5.00. The lowest BCUT2D eigenvalue weighted by molar-refractivity contribution is -0.385. The molecule has 2 aromatic rings. The lowest BCUT2D eigenvalue weighted by atomic mass is 10.2. The number of rotatable bonds is 5. The Morgan fingerprint density at radius 1 is 1.42 bits per heavy atom. The second-order valence-corrected chi connectivity index (χ2v) is 5.90. The van der Waals surface area contributed by atoms with Crippen molar-refractivity contribution in [2.75, 3.05) is 0 Å². The fraction of sp³-hybridized carbons (Fsp3) is 0.231. The normalized spacial score (nSPS) is 12.3. The summed E-state index contributed by atoms with van der Waals surface area (Å²) in [6.45, 7) is 2.67. The molecule has 0 aliphatic carbocycles. The average molecular weight is 341 g/mol. The monoisotopic (exact) mass is 340 g/mol. The fourth-order valence-electron chi connectivity index (χ4n) is 1.75. The largest absolute Gasteiger partial charge is 0.305 e. The first-order valence-corrected chi connectivity index (χ1v) is 7.45. The Balaban J connectivity index is 2.08. The summed E-state index contributed by atoms with van der Waals surface area (Å²) in [7, 11) is 0. The van der Waals surface area contributed by atoms with E-state index in [2.05, 4.69) is 34.2 Å². The van der Waals surface area contributed by atoms with Crippen LogP contribution in [0.5, 0.6) is 0 Å². The molecule has 1 aromatic heterocycles. The summed E-state index contributed by atoms with van der Waals surface area (Å²) in [6, 6.07) is 9.40. The minimum atomic E-state index is -0.379. The number of benzene rings is 1. The second kappa shape index (κ2) is 6.27. The molecule has 4 nitrogen and oxygen atoms in total. The van der Waals surface area contributed by atoms with Crippen molar-refractivity contribution in [3.05, 3.63) is 60.7 Å². The number of hydrogen-bond acceptors (Lipinski definition) is 4. The summed E-state index contributed by atoms with van der Waals surface area (Å²) in [5, 5.41) is 16.3. The molecule has 1 atom stereocenters. The topological polar surface area (TPSA) is 55.2 Å². The number of halogens is 1. The van der Waals surface area contributed by atoms with E-state index in [1.54, 1.807) is 17.4 Å². The molecule has 0 saturated heterocycles. The second-order valence-electron chi connectivity index (χ2n) is 4.13. The lowest BCUT2D eigenvalue weighted by Gasteiger charge is -2.13. The van der Waals surface area contributed by atoms with Gasteiger partial charge in [0.1, 0.15) is 0 Å². The van der Waals surface area contributed by atoms with Crippen molar-refractivity contribution in [2.24, 2.45) is 0 Å². The van der Waals surface area contributed by atoms with Crippen molar-refractivity contribution >= 4 is 33.0 Å². The SMILES string of the molecule is CC(NCc1cccc([N+](=O)[O-])c1Br)c1cccs1. The van der Waals surface area contributed by atoms with Gasteiger partial charge in [-0.25, -0.2) is 0 Å². The minimum Gasteiger partial charge on any atom is -0.305 e. The molecule has 2 rings (SSSR count). The highest BCUT2D eigenvalue weighted by Crippen LogP contribution is 2.28. The van der Waals surface area contributed by atoms with Gasteiger partial charge in [0, 0.05) is 23.5 Å². The standard InChI is InChI=1S/C13H13BrN2O2S/c1-9(12-6-3-7-19-12)15-8-10-4-2-5-11(13(10)14)16(17)18/h2-7,9,15H,8H2,1H3. The molecule has 0 aliphatic rings. The number of thiophene rings is 1. The number of hydrogen-bond donors (Lipinski definition) is 1. The van der Waals surface area contributed by atoms with Gasteiger partial charge in [-0.2, -0.15) is 0 Å². The van der Waals surface area contributed by atoms with Gasteiger partial charge in [0.25, 0.3) is 5.69 Å². The summed E-state index contributed by atoms with van der Waals surface area (Å²) in [5.41, 5.74) is 0.987. The van der Waals surface area contributed by atoms with Crippen molar-refractivity contribution < 1.29 is 4.92 Å². The Labute approximate surface area is 123 Å². The molecule has 0 spiro atoms. The number of nitro benzene ring substituents is 1. The van der Waals surface area contributed by atoms with Gasteiger partial charge in [-0.15, -0.1) is 11.3 Å². The first-order valence-electron chi connectivity index (χ1n) is 5.78. The first kappa shape index (κ1) is 14.2. The minimum absolute atomic E-state index is 0.100. The average Bonchev–Trinajstić information content (AvgIpc) is 2.90. The zero-order valence-corrected chi connectivity index (χ0v) is 12.7. The van der Waals surface area contributed by atoms with Crippen molar-refractivity contribution in [3.8, 4) is 0 Å². The molecule has 1 aromatic carbocycles. The van der Waals surface area contributed by atoms with Crippen LogP contribution in [0.15, 0.2) is 40.2 Å². The van der Waals surface area contributed by atoms with E-state index < -0.39 is 0 Å². The molecule has 1 N–H and O–H groups in total. The van der Waals surface area contributed by atoms with Gasteiger partial charge in [0.2, 0.25) is 0 Å². The Bertz CT molecular complexity index is 572. The van der Waals surface area contributed by atoms with E-state index in [9.17, 15) is 10.1 Å². The summed E-state index contributed by atoms with van der Waals surface area (Å²) < 4.78 is 0.547. The quantitative estimate of drug-likeness (QED) is 0.653. The van der Waals surface area contributed by atoms with Gasteiger partial charge in [0.05, 0.1) is 9.40 Å². The van der Waals surface area contributed by atoms with Crippen LogP contribution in [0, 0.1) is 10.1 Å². The number of nitrogens with zero attached hydrogens (tertiary/aromatic N) is 1. The molecule has 6 heteroatoms. The first-order chi connectivity index (χ1) is 9.09. The highest BCUT2D eigenvalue weighted by atomic mass is 79.9. The van der Waals surface area contributed by atoms with Gasteiger partial charge >= 0.3 is 0 Å². The van der Waals surface area contributed by atoms with Crippen LogP contribution in [-0.4, -0.2) is 4.92 Å². The molecular weight excluding hydrogens is 328 g/mol. The molecule has 0 aliphatic heterocycles. The van der Waals surface area contributed by atoms with Gasteiger partial charge < -0.3 is 5.32 Å². The zero-order valence-electron chi connectivity index (χ0n) is 10.3. The Morgan fingerprint density at radius 3 is 2.84 bits per heavy atom. The Morgan fingerprint density at radius 2 is 2.21 bits per heavy atom. The van der Waals surface area contributed by atoms with Gasteiger partial charge in [-0.1, -0.05) is 18.2 Å². The highest BCUT2D eigenvalue weighted by molar-refractivity contribution is 9.10. The van der Waals surface area contributed by atoms with Crippen LogP contribution in [0.25, 0.3) is 0 Å². The smallest absolute Gasteiger partial charge is 0.283 e. The van der Waals surface area contributed by atoms with Crippen LogP contribution < -0.4 is 5.32 Å². The molecular formula is C13H13BrN2O2S. The lowest BCUT2D eigenvalue weighted by Crippen LogP contribution is -2.17. The van der Waals surface area contributed by atoms with Crippen LogP contribution >= 0.6 is 27.3 Å². The van der Waals surface area contributed by atoms with Gasteiger partial charge in [-0.3, -0.25) is 10.1 Å². The molecule has 100 valence electrons. The van der Waals surface area contributed by atoms with Gasteiger partial charge in [-0.05, 0) is 39.9 Å². The van der Waals surface area contributed by atoms with Crippen LogP contribution in [0.3, 0.4) is 0 Å². The molecule has 0 bridgehead atoms.